The summed E-state index contributed by atoms with van der Waals surface area (Å²) in [5.74, 6) is -0.222. The highest BCUT2D eigenvalue weighted by atomic mass is 35.5. The lowest BCUT2D eigenvalue weighted by molar-refractivity contribution is -0.130. The van der Waals surface area contributed by atoms with Gasteiger partial charge in [0.05, 0.1) is 21.8 Å². The fourth-order valence-corrected chi connectivity index (χ4v) is 3.93. The van der Waals surface area contributed by atoms with Crippen LogP contribution in [-0.2, 0) is 9.63 Å². The molecule has 8 heteroatoms. The van der Waals surface area contributed by atoms with Crippen LogP contribution in [-0.4, -0.2) is 26.0 Å². The average Bonchev–Trinajstić information content (AvgIpc) is 3.03. The highest BCUT2D eigenvalue weighted by Gasteiger charge is 2.23. The van der Waals surface area contributed by atoms with E-state index in [4.69, 9.17) is 16.4 Å². The molecule has 0 spiro atoms. The smallest absolute Gasteiger partial charge is 0.290 e. The van der Waals surface area contributed by atoms with Gasteiger partial charge in [0.15, 0.2) is 5.65 Å². The minimum absolute atomic E-state index is 0.0351. The van der Waals surface area contributed by atoms with Crippen LogP contribution in [0, 0.1) is 0 Å². The fourth-order valence-electron chi connectivity index (χ4n) is 3.68. The molecule has 0 saturated heterocycles. The molecule has 0 radical (unpaired) electrons. The van der Waals surface area contributed by atoms with Gasteiger partial charge in [0.1, 0.15) is 0 Å². The fraction of sp³-hybridized carbons (Fsp3) is 0.435. The number of halogens is 1. The Balaban J connectivity index is 2.15. The number of hydroxylamine groups is 1. The molecular weight excluding hydrogens is 416 g/mol. The number of aromatic amines is 1. The number of carbonyl (C=O) groups is 1. The molecule has 2 heterocycles. The van der Waals surface area contributed by atoms with E-state index in [1.54, 1.807) is 22.9 Å². The van der Waals surface area contributed by atoms with E-state index in [9.17, 15) is 9.59 Å². The molecule has 3 rings (SSSR count). The van der Waals surface area contributed by atoms with Crippen molar-refractivity contribution in [3.05, 3.63) is 46.0 Å². The van der Waals surface area contributed by atoms with Gasteiger partial charge in [0, 0.05) is 24.7 Å². The second-order valence-electron chi connectivity index (χ2n) is 8.51. The maximum atomic E-state index is 12.7. The predicted octanol–water partition coefficient (Wildman–Crippen LogP) is 5.49. The van der Waals surface area contributed by atoms with Crippen molar-refractivity contribution in [3.63, 3.8) is 0 Å². The third-order valence-electron chi connectivity index (χ3n) is 5.04. The Morgan fingerprint density at radius 1 is 1.23 bits per heavy atom. The summed E-state index contributed by atoms with van der Waals surface area (Å²) in [5, 5.41) is 1.73. The third-order valence-corrected chi connectivity index (χ3v) is 5.33. The van der Waals surface area contributed by atoms with Crippen molar-refractivity contribution in [2.75, 3.05) is 5.06 Å². The Hall–Kier alpha value is -2.64. The molecule has 0 fully saturated rings. The molecule has 0 bridgehead atoms. The number of rotatable bonds is 6. The number of H-pyrrole nitrogens is 1. The number of nitrogens with one attached hydrogen (secondary N) is 1. The van der Waals surface area contributed by atoms with E-state index in [-0.39, 0.29) is 17.6 Å². The maximum absolute atomic E-state index is 12.7. The summed E-state index contributed by atoms with van der Waals surface area (Å²) in [7, 11) is 0. The van der Waals surface area contributed by atoms with E-state index in [1.165, 1.54) is 12.0 Å². The lowest BCUT2D eigenvalue weighted by atomic mass is 10.0. The van der Waals surface area contributed by atoms with Crippen LogP contribution in [0.2, 0.25) is 5.02 Å². The number of fused-ring (bicyclic) bond motifs is 1. The lowest BCUT2D eigenvalue weighted by Gasteiger charge is -2.29. The minimum atomic E-state index is -0.526. The third kappa shape index (κ3) is 4.67. The van der Waals surface area contributed by atoms with Crippen LogP contribution in [0.25, 0.3) is 22.3 Å². The number of amides is 1. The molecule has 0 aliphatic carbocycles. The molecule has 0 atom stereocenters. The number of nitrogens with zero attached hydrogens (tertiary/aromatic N) is 3. The SMILES string of the molecule is CCC(CC)n1c(=O)[nH]c2ncc(Cl)c(-c3ccc(N(OC(C)(C)C)C(C)=O)cc3)c21. The molecular formula is C23H29ClN4O3. The number of hydrogen-bond donors (Lipinski definition) is 1. The number of anilines is 1. The zero-order chi connectivity index (χ0) is 22.9. The van der Waals surface area contributed by atoms with Crippen molar-refractivity contribution in [1.82, 2.24) is 14.5 Å². The van der Waals surface area contributed by atoms with Crippen LogP contribution >= 0.6 is 11.6 Å². The van der Waals surface area contributed by atoms with Gasteiger partial charge in [-0.25, -0.2) is 9.78 Å². The maximum Gasteiger partial charge on any atom is 0.327 e. The summed E-state index contributed by atoms with van der Waals surface area (Å²) in [6.07, 6.45) is 3.17. The average molecular weight is 445 g/mol. The standard InChI is InChI=1S/C23H29ClN4O3/c1-7-16(8-2)27-20-19(18(24)13-25-21(20)26-22(27)30)15-9-11-17(12-10-15)28(14(3)29)31-23(4,5)6/h9-13,16H,7-8H2,1-6H3,(H,25,26,30). The van der Waals surface area contributed by atoms with Gasteiger partial charge < -0.3 is 0 Å². The number of hydrogen-bond acceptors (Lipinski definition) is 4. The first-order valence-electron chi connectivity index (χ1n) is 10.5. The van der Waals surface area contributed by atoms with E-state index in [2.05, 4.69) is 23.8 Å². The van der Waals surface area contributed by atoms with Gasteiger partial charge in [-0.05, 0) is 51.3 Å². The summed E-state index contributed by atoms with van der Waals surface area (Å²) in [6.45, 7) is 11.2. The van der Waals surface area contributed by atoms with Crippen LogP contribution < -0.4 is 10.8 Å². The van der Waals surface area contributed by atoms with Crippen molar-refractivity contribution in [1.29, 1.82) is 0 Å². The van der Waals surface area contributed by atoms with Crippen LogP contribution in [0.15, 0.2) is 35.3 Å². The highest BCUT2D eigenvalue weighted by molar-refractivity contribution is 6.34. The monoisotopic (exact) mass is 444 g/mol. The minimum Gasteiger partial charge on any atom is -0.290 e. The van der Waals surface area contributed by atoms with Crippen molar-refractivity contribution in [3.8, 4) is 11.1 Å². The molecule has 2 aromatic heterocycles. The van der Waals surface area contributed by atoms with Gasteiger partial charge >= 0.3 is 5.69 Å². The van der Waals surface area contributed by atoms with E-state index in [0.717, 1.165) is 24.0 Å². The van der Waals surface area contributed by atoms with Crippen LogP contribution in [0.4, 0.5) is 5.69 Å². The summed E-state index contributed by atoms with van der Waals surface area (Å²) in [4.78, 5) is 37.8. The van der Waals surface area contributed by atoms with Crippen molar-refractivity contribution < 1.29 is 9.63 Å². The number of benzene rings is 1. The van der Waals surface area contributed by atoms with Gasteiger partial charge in [-0.1, -0.05) is 37.6 Å². The van der Waals surface area contributed by atoms with E-state index in [1.807, 2.05) is 32.9 Å². The molecule has 31 heavy (non-hydrogen) atoms. The molecule has 3 aromatic rings. The number of pyridine rings is 1. The Morgan fingerprint density at radius 2 is 1.84 bits per heavy atom. The van der Waals surface area contributed by atoms with Gasteiger partial charge in [0.2, 0.25) is 5.91 Å². The molecule has 7 nitrogen and oxygen atoms in total. The summed E-state index contributed by atoms with van der Waals surface area (Å²) in [6, 6.07) is 7.38. The summed E-state index contributed by atoms with van der Waals surface area (Å²) < 4.78 is 1.75. The molecule has 0 aliphatic heterocycles. The Bertz CT molecular complexity index is 1140. The molecule has 166 valence electrons. The first-order chi connectivity index (χ1) is 14.6. The number of carbonyl (C=O) groups excluding carboxylic acids is 1. The molecule has 1 aromatic carbocycles. The molecule has 0 aliphatic rings. The lowest BCUT2D eigenvalue weighted by Crippen LogP contribution is -2.37. The second-order valence-corrected chi connectivity index (χ2v) is 8.92. The Morgan fingerprint density at radius 3 is 2.35 bits per heavy atom. The zero-order valence-corrected chi connectivity index (χ0v) is 19.6. The normalized spacial score (nSPS) is 12.0. The van der Waals surface area contributed by atoms with Gasteiger partial charge in [-0.2, -0.15) is 5.06 Å². The quantitative estimate of drug-likeness (QED) is 0.510. The molecule has 0 saturated carbocycles. The predicted molar refractivity (Wildman–Crippen MR) is 124 cm³/mol. The first-order valence-corrected chi connectivity index (χ1v) is 10.8. The van der Waals surface area contributed by atoms with E-state index in [0.29, 0.717) is 21.9 Å². The van der Waals surface area contributed by atoms with Crippen molar-refractivity contribution >= 4 is 34.4 Å². The molecule has 1 amide bonds. The van der Waals surface area contributed by atoms with Crippen molar-refractivity contribution in [2.24, 2.45) is 0 Å². The first kappa shape index (κ1) is 23.0. The van der Waals surface area contributed by atoms with Gasteiger partial charge in [-0.15, -0.1) is 0 Å². The summed E-state index contributed by atoms with van der Waals surface area (Å²) >= 11 is 6.57. The largest absolute Gasteiger partial charge is 0.327 e. The number of imidazole rings is 1. The van der Waals surface area contributed by atoms with E-state index >= 15 is 0 Å². The van der Waals surface area contributed by atoms with Gasteiger partial charge in [-0.3, -0.25) is 19.2 Å². The van der Waals surface area contributed by atoms with Crippen LogP contribution in [0.5, 0.6) is 0 Å². The summed E-state index contributed by atoms with van der Waals surface area (Å²) in [5.41, 5.74) is 2.63. The Kier molecular flexibility index (Phi) is 6.57. The highest BCUT2D eigenvalue weighted by Crippen LogP contribution is 2.36. The van der Waals surface area contributed by atoms with Crippen LogP contribution in [0.1, 0.15) is 60.4 Å². The Labute approximate surface area is 186 Å². The molecule has 0 unspecified atom stereocenters. The molecule has 1 N–H and O–H groups in total. The second kappa shape index (κ2) is 8.85. The zero-order valence-electron chi connectivity index (χ0n) is 18.8. The van der Waals surface area contributed by atoms with Crippen molar-refractivity contribution in [2.45, 2.75) is 66.0 Å². The number of aromatic nitrogens is 3. The van der Waals surface area contributed by atoms with Crippen LogP contribution in [0.3, 0.4) is 0 Å². The topological polar surface area (TPSA) is 80.2 Å². The van der Waals surface area contributed by atoms with E-state index < -0.39 is 5.60 Å². The van der Waals surface area contributed by atoms with Gasteiger partial charge in [0.25, 0.3) is 0 Å².